The first-order valence-corrected chi connectivity index (χ1v) is 4.01. The Morgan fingerprint density at radius 1 is 1.53 bits per heavy atom. The highest BCUT2D eigenvalue weighted by atomic mass is 16.5. The Hall–Kier alpha value is -1.88. The van der Waals surface area contributed by atoms with Crippen molar-refractivity contribution in [1.29, 1.82) is 0 Å². The van der Waals surface area contributed by atoms with Gasteiger partial charge in [0.05, 0.1) is 7.11 Å². The summed E-state index contributed by atoms with van der Waals surface area (Å²) >= 11 is 0. The van der Waals surface area contributed by atoms with Gasteiger partial charge >= 0.3 is 0 Å². The number of aromatic hydroxyl groups is 1. The van der Waals surface area contributed by atoms with Gasteiger partial charge in [-0.15, -0.1) is 0 Å². The predicted octanol–water partition coefficient (Wildman–Crippen LogP) is -0.113. The molecule has 0 atom stereocenters. The minimum absolute atomic E-state index is 0. The summed E-state index contributed by atoms with van der Waals surface area (Å²) in [6.45, 7) is 0. The third kappa shape index (κ3) is 3.40. The number of hydrogen-bond donors (Lipinski definition) is 1. The molecule has 0 aliphatic rings. The lowest BCUT2D eigenvalue weighted by atomic mass is 10.1. The van der Waals surface area contributed by atoms with Crippen LogP contribution in [0.2, 0.25) is 0 Å². The number of methoxy groups -OCH3 is 1. The van der Waals surface area contributed by atoms with Crippen molar-refractivity contribution in [1.82, 2.24) is 0 Å². The van der Waals surface area contributed by atoms with E-state index in [2.05, 4.69) is 0 Å². The van der Waals surface area contributed by atoms with Crippen molar-refractivity contribution in [2.45, 2.75) is 6.42 Å². The van der Waals surface area contributed by atoms with Crippen molar-refractivity contribution in [2.24, 2.45) is 0 Å². The summed E-state index contributed by atoms with van der Waals surface area (Å²) in [4.78, 5) is 20.9. The van der Waals surface area contributed by atoms with Gasteiger partial charge in [0.2, 0.25) is 0 Å². The van der Waals surface area contributed by atoms with Crippen LogP contribution >= 0.6 is 0 Å². The number of hydrogen-bond acceptors (Lipinski definition) is 4. The summed E-state index contributed by atoms with van der Waals surface area (Å²) < 4.78 is 4.85. The van der Waals surface area contributed by atoms with Crippen LogP contribution in [0.5, 0.6) is 11.5 Å². The maximum atomic E-state index is 10.8. The number of phenols is 1. The highest BCUT2D eigenvalue weighted by Gasteiger charge is 2.05. The van der Waals surface area contributed by atoms with Gasteiger partial charge in [-0.3, -0.25) is 9.59 Å². The van der Waals surface area contributed by atoms with Crippen molar-refractivity contribution < 1.29 is 24.9 Å². The van der Waals surface area contributed by atoms with Crippen molar-refractivity contribution in [2.75, 3.05) is 7.11 Å². The molecule has 0 amide bonds. The first kappa shape index (κ1) is 13.1. The number of phenolic OH excluding ortho intramolecular Hbond substituents is 1. The van der Waals surface area contributed by atoms with Gasteiger partial charge in [0, 0.05) is 6.42 Å². The lowest BCUT2D eigenvalue weighted by Gasteiger charge is -2.04. The van der Waals surface area contributed by atoms with Crippen molar-refractivity contribution in [3.8, 4) is 11.5 Å². The number of ether oxygens (including phenoxy) is 1. The van der Waals surface area contributed by atoms with Gasteiger partial charge < -0.3 is 15.3 Å². The minimum Gasteiger partial charge on any atom is -0.504 e. The topological polar surface area (TPSA) is 95.1 Å². The number of carbonyl (C=O) groups excluding carboxylic acids is 2. The van der Waals surface area contributed by atoms with Crippen LogP contribution in [0.3, 0.4) is 0 Å². The number of rotatable bonds is 4. The highest BCUT2D eigenvalue weighted by Crippen LogP contribution is 2.26. The van der Waals surface area contributed by atoms with E-state index in [1.165, 1.54) is 19.2 Å². The summed E-state index contributed by atoms with van der Waals surface area (Å²) in [6.07, 6.45) is 0.305. The second kappa shape index (κ2) is 5.77. The van der Waals surface area contributed by atoms with Gasteiger partial charge in [-0.2, -0.15) is 0 Å². The van der Waals surface area contributed by atoms with Gasteiger partial charge in [0.25, 0.3) is 0 Å². The molecule has 5 heteroatoms. The maximum absolute atomic E-state index is 10.8. The van der Waals surface area contributed by atoms with Gasteiger partial charge in [-0.05, 0) is 17.7 Å². The molecule has 0 fully saturated rings. The van der Waals surface area contributed by atoms with Crippen LogP contribution in [0.4, 0.5) is 0 Å². The van der Waals surface area contributed by atoms with E-state index < -0.39 is 5.78 Å². The van der Waals surface area contributed by atoms with Crippen LogP contribution in [-0.4, -0.2) is 29.8 Å². The zero-order valence-corrected chi connectivity index (χ0v) is 8.19. The molecule has 0 radical (unpaired) electrons. The van der Waals surface area contributed by atoms with E-state index in [1.807, 2.05) is 0 Å². The molecule has 5 nitrogen and oxygen atoms in total. The average Bonchev–Trinajstić information content (AvgIpc) is 2.20. The molecule has 0 spiro atoms. The molecule has 1 aromatic carbocycles. The third-order valence-electron chi connectivity index (χ3n) is 1.75. The quantitative estimate of drug-likeness (QED) is 0.556. The summed E-state index contributed by atoms with van der Waals surface area (Å²) in [7, 11) is 1.42. The van der Waals surface area contributed by atoms with Gasteiger partial charge in [-0.25, -0.2) is 0 Å². The molecule has 15 heavy (non-hydrogen) atoms. The number of Topliss-reactive ketones (excluding diaryl/α,β-unsaturated/α-hetero) is 1. The Morgan fingerprint density at radius 3 is 2.73 bits per heavy atom. The third-order valence-corrected chi connectivity index (χ3v) is 1.75. The van der Waals surface area contributed by atoms with Gasteiger partial charge in [-0.1, -0.05) is 6.07 Å². The van der Waals surface area contributed by atoms with Crippen LogP contribution in [-0.2, 0) is 16.0 Å². The average molecular weight is 212 g/mol. The van der Waals surface area contributed by atoms with Crippen LogP contribution in [0.15, 0.2) is 18.2 Å². The fraction of sp³-hybridized carbons (Fsp3) is 0.200. The molecule has 0 saturated heterocycles. The second-order valence-corrected chi connectivity index (χ2v) is 2.77. The van der Waals surface area contributed by atoms with E-state index in [0.29, 0.717) is 11.3 Å². The number of benzene rings is 1. The van der Waals surface area contributed by atoms with Crippen LogP contribution in [0.1, 0.15) is 5.56 Å². The molecule has 0 heterocycles. The molecule has 0 saturated carbocycles. The molecule has 0 aliphatic carbocycles. The summed E-state index contributed by atoms with van der Waals surface area (Å²) in [5.74, 6) is -0.200. The molecule has 0 bridgehead atoms. The normalized spacial score (nSPS) is 8.87. The first-order valence-electron chi connectivity index (χ1n) is 4.01. The number of ketones is 1. The number of aldehydes is 1. The molecular formula is C10H12O5. The maximum Gasteiger partial charge on any atom is 0.199 e. The summed E-state index contributed by atoms with van der Waals surface area (Å²) in [5, 5.41) is 9.25. The van der Waals surface area contributed by atoms with E-state index in [9.17, 15) is 14.7 Å². The highest BCUT2D eigenvalue weighted by molar-refractivity contribution is 6.25. The zero-order chi connectivity index (χ0) is 10.6. The first-order chi connectivity index (χ1) is 6.67. The minimum atomic E-state index is -0.502. The van der Waals surface area contributed by atoms with E-state index in [-0.39, 0.29) is 23.9 Å². The van der Waals surface area contributed by atoms with E-state index in [4.69, 9.17) is 4.74 Å². The van der Waals surface area contributed by atoms with E-state index in [0.717, 1.165) is 0 Å². The fourth-order valence-corrected chi connectivity index (χ4v) is 1.07. The van der Waals surface area contributed by atoms with E-state index in [1.54, 1.807) is 6.07 Å². The van der Waals surface area contributed by atoms with Crippen LogP contribution in [0.25, 0.3) is 0 Å². The molecule has 1 aromatic rings. The monoisotopic (exact) mass is 212 g/mol. The zero-order valence-electron chi connectivity index (χ0n) is 8.19. The molecule has 1 rings (SSSR count). The Labute approximate surface area is 86.6 Å². The van der Waals surface area contributed by atoms with Crippen molar-refractivity contribution in [3.63, 3.8) is 0 Å². The molecular weight excluding hydrogens is 200 g/mol. The predicted molar refractivity (Wildman–Crippen MR) is 53.0 cm³/mol. The Morgan fingerprint density at radius 2 is 2.20 bits per heavy atom. The van der Waals surface area contributed by atoms with Crippen LogP contribution < -0.4 is 4.74 Å². The lowest BCUT2D eigenvalue weighted by Crippen LogP contribution is -2.03. The van der Waals surface area contributed by atoms with Crippen molar-refractivity contribution >= 4 is 12.1 Å². The summed E-state index contributed by atoms with van der Waals surface area (Å²) in [6, 6.07) is 4.52. The molecule has 3 N–H and O–H groups in total. The Balaban J connectivity index is 0.00000196. The molecule has 82 valence electrons. The second-order valence-electron chi connectivity index (χ2n) is 2.77. The molecule has 0 aromatic heterocycles. The Kier molecular flexibility index (Phi) is 5.04. The Bertz CT molecular complexity index is 359. The lowest BCUT2D eigenvalue weighted by molar-refractivity contribution is -0.129. The smallest absolute Gasteiger partial charge is 0.199 e. The number of carbonyl (C=O) groups is 2. The standard InChI is InChI=1S/C10H10O4.H2O/c1-14-10-5-7(2-3-9(10)13)4-8(12)6-11;/h2-3,5-6,13H,4H2,1H3;1H2. The largest absolute Gasteiger partial charge is 0.504 e. The molecule has 0 unspecified atom stereocenters. The SMILES string of the molecule is COc1cc(CC(=O)C=O)ccc1O.O. The fourth-order valence-electron chi connectivity index (χ4n) is 1.07. The van der Waals surface area contributed by atoms with Gasteiger partial charge in [0.15, 0.2) is 23.6 Å². The molecule has 0 aliphatic heterocycles. The van der Waals surface area contributed by atoms with Crippen molar-refractivity contribution in [3.05, 3.63) is 23.8 Å². The van der Waals surface area contributed by atoms with E-state index >= 15 is 0 Å². The van der Waals surface area contributed by atoms with Crippen LogP contribution in [0, 0.1) is 0 Å². The summed E-state index contributed by atoms with van der Waals surface area (Å²) in [5.41, 5.74) is 0.636. The van der Waals surface area contributed by atoms with Gasteiger partial charge in [0.1, 0.15) is 0 Å².